The number of nitrogens with zero attached hydrogens (tertiary/aromatic N) is 2. The Hall–Kier alpha value is -1.29. The van der Waals surface area contributed by atoms with Crippen molar-refractivity contribution in [2.45, 2.75) is 13.8 Å². The van der Waals surface area contributed by atoms with Crippen molar-refractivity contribution < 1.29 is 4.42 Å². The van der Waals surface area contributed by atoms with Gasteiger partial charge < -0.3 is 4.42 Å². The first kappa shape index (κ1) is 10.2. The lowest BCUT2D eigenvalue weighted by atomic mass is 10.2. The maximum atomic E-state index is 5.51. The van der Waals surface area contributed by atoms with Crippen LogP contribution in [-0.4, -0.2) is 16.3 Å². The Kier molecular flexibility index (Phi) is 2.77. The summed E-state index contributed by atoms with van der Waals surface area (Å²) in [4.78, 5) is 8.52. The highest BCUT2D eigenvalue weighted by atomic mass is 32.2. The van der Waals surface area contributed by atoms with E-state index in [1.165, 1.54) is 0 Å². The molecule has 2 rings (SSSR count). The van der Waals surface area contributed by atoms with Crippen LogP contribution in [0.3, 0.4) is 0 Å². The maximum absolute atomic E-state index is 5.51. The van der Waals surface area contributed by atoms with Gasteiger partial charge in [-0.1, -0.05) is 6.07 Å². The summed E-state index contributed by atoms with van der Waals surface area (Å²) in [6, 6.07) is 6.36. The average molecular weight is 220 g/mol. The van der Waals surface area contributed by atoms with Crippen LogP contribution < -0.4 is 0 Å². The predicted molar refractivity (Wildman–Crippen MR) is 65.0 cm³/mol. The molecule has 0 aliphatic rings. The summed E-state index contributed by atoms with van der Waals surface area (Å²) >= 11 is 1.58. The molecule has 2 aromatic rings. The van der Waals surface area contributed by atoms with Crippen LogP contribution in [0.25, 0.3) is 11.1 Å². The van der Waals surface area contributed by atoms with Gasteiger partial charge in [-0.05, 0) is 37.8 Å². The largest absolute Gasteiger partial charge is 0.422 e. The Morgan fingerprint density at radius 3 is 3.00 bits per heavy atom. The highest BCUT2D eigenvalue weighted by Gasteiger charge is 2.04. The van der Waals surface area contributed by atoms with Crippen LogP contribution in [0.15, 0.2) is 27.6 Å². The van der Waals surface area contributed by atoms with Gasteiger partial charge in [0.15, 0.2) is 5.58 Å². The lowest BCUT2D eigenvalue weighted by Gasteiger charge is -1.89. The first-order valence-corrected chi connectivity index (χ1v) is 5.88. The highest BCUT2D eigenvalue weighted by molar-refractivity contribution is 8.13. The average Bonchev–Trinajstić information content (AvgIpc) is 2.59. The number of benzene rings is 1. The second kappa shape index (κ2) is 4.06. The van der Waals surface area contributed by atoms with E-state index in [1.54, 1.807) is 11.8 Å². The third kappa shape index (κ3) is 2.21. The summed E-state index contributed by atoms with van der Waals surface area (Å²) in [5, 5.41) is 0.943. The van der Waals surface area contributed by atoms with Crippen LogP contribution in [0.4, 0.5) is 6.01 Å². The van der Waals surface area contributed by atoms with Crippen LogP contribution in [0, 0.1) is 6.92 Å². The minimum atomic E-state index is 0.433. The first-order chi connectivity index (χ1) is 7.19. The number of hydrogen-bond donors (Lipinski definition) is 0. The number of hydrogen-bond acceptors (Lipinski definition) is 4. The number of rotatable bonds is 1. The molecule has 15 heavy (non-hydrogen) atoms. The molecular weight excluding hydrogens is 208 g/mol. The summed E-state index contributed by atoms with van der Waals surface area (Å²) in [7, 11) is 0. The Morgan fingerprint density at radius 2 is 2.27 bits per heavy atom. The maximum Gasteiger partial charge on any atom is 0.323 e. The van der Waals surface area contributed by atoms with E-state index in [-0.39, 0.29) is 0 Å². The zero-order chi connectivity index (χ0) is 10.8. The molecule has 0 saturated carbocycles. The summed E-state index contributed by atoms with van der Waals surface area (Å²) in [6.07, 6.45) is 1.98. The molecule has 0 atom stereocenters. The number of thioether (sulfide) groups is 1. The molecule has 0 N–H and O–H groups in total. The third-order valence-corrected chi connectivity index (χ3v) is 2.76. The van der Waals surface area contributed by atoms with Crippen LogP contribution in [-0.2, 0) is 0 Å². The summed E-state index contributed by atoms with van der Waals surface area (Å²) in [5.74, 6) is 0. The van der Waals surface area contributed by atoms with E-state index in [0.29, 0.717) is 6.01 Å². The number of aromatic nitrogens is 1. The Labute approximate surface area is 92.6 Å². The second-order valence-corrected chi connectivity index (χ2v) is 4.30. The number of oxazole rings is 1. The van der Waals surface area contributed by atoms with Gasteiger partial charge in [-0.15, -0.1) is 11.8 Å². The standard InChI is InChI=1S/C11H12N2OS/c1-7-4-5-9-10(6-7)14-11(13-9)12-8(2)15-3/h4-6H,1-3H3/b12-8-. The van der Waals surface area contributed by atoms with Gasteiger partial charge in [0.2, 0.25) is 0 Å². The molecule has 0 bridgehead atoms. The van der Waals surface area contributed by atoms with E-state index in [4.69, 9.17) is 4.42 Å². The van der Waals surface area contributed by atoms with Gasteiger partial charge in [0.25, 0.3) is 0 Å². The van der Waals surface area contributed by atoms with Gasteiger partial charge in [0.1, 0.15) is 5.52 Å². The Morgan fingerprint density at radius 1 is 1.47 bits per heavy atom. The fourth-order valence-corrected chi connectivity index (χ4v) is 1.42. The summed E-state index contributed by atoms with van der Waals surface area (Å²) < 4.78 is 5.51. The van der Waals surface area contributed by atoms with Crippen LogP contribution >= 0.6 is 11.8 Å². The quantitative estimate of drug-likeness (QED) is 0.545. The fourth-order valence-electron chi connectivity index (χ4n) is 1.25. The third-order valence-electron chi connectivity index (χ3n) is 2.08. The van der Waals surface area contributed by atoms with E-state index >= 15 is 0 Å². The summed E-state index contributed by atoms with van der Waals surface area (Å²) in [5.41, 5.74) is 2.81. The molecule has 1 aromatic carbocycles. The van der Waals surface area contributed by atoms with Crippen LogP contribution in [0.1, 0.15) is 12.5 Å². The lowest BCUT2D eigenvalue weighted by molar-refractivity contribution is 0.614. The predicted octanol–water partition coefficient (Wildman–Crippen LogP) is 3.55. The second-order valence-electron chi connectivity index (χ2n) is 3.30. The normalized spacial score (nSPS) is 12.3. The van der Waals surface area contributed by atoms with Crippen LogP contribution in [0.2, 0.25) is 0 Å². The van der Waals surface area contributed by atoms with Gasteiger partial charge in [-0.2, -0.15) is 9.98 Å². The van der Waals surface area contributed by atoms with Crippen molar-refractivity contribution in [1.82, 2.24) is 4.98 Å². The number of aryl methyl sites for hydroxylation is 1. The lowest BCUT2D eigenvalue weighted by Crippen LogP contribution is -1.78. The minimum Gasteiger partial charge on any atom is -0.422 e. The van der Waals surface area contributed by atoms with Crippen molar-refractivity contribution in [2.24, 2.45) is 4.99 Å². The van der Waals surface area contributed by atoms with Crippen molar-refractivity contribution >= 4 is 33.9 Å². The summed E-state index contributed by atoms with van der Waals surface area (Å²) in [6.45, 7) is 3.96. The first-order valence-electron chi connectivity index (χ1n) is 4.65. The van der Waals surface area contributed by atoms with Crippen molar-refractivity contribution in [3.8, 4) is 0 Å². The topological polar surface area (TPSA) is 38.4 Å². The van der Waals surface area contributed by atoms with Crippen molar-refractivity contribution in [1.29, 1.82) is 0 Å². The molecule has 0 unspecified atom stereocenters. The molecule has 0 amide bonds. The number of aliphatic imine (C=N–C) groups is 1. The van der Waals surface area contributed by atoms with Crippen molar-refractivity contribution in [3.63, 3.8) is 0 Å². The minimum absolute atomic E-state index is 0.433. The number of fused-ring (bicyclic) bond motifs is 1. The highest BCUT2D eigenvalue weighted by Crippen LogP contribution is 2.22. The van der Waals surface area contributed by atoms with Gasteiger partial charge in [-0.25, -0.2) is 0 Å². The van der Waals surface area contributed by atoms with Gasteiger partial charge in [-0.3, -0.25) is 0 Å². The zero-order valence-electron chi connectivity index (χ0n) is 8.94. The Balaban J connectivity index is 2.47. The smallest absolute Gasteiger partial charge is 0.323 e. The van der Waals surface area contributed by atoms with E-state index in [1.807, 2.05) is 38.3 Å². The fraction of sp³-hybridized carbons (Fsp3) is 0.273. The molecular formula is C11H12N2OS. The molecule has 4 heteroatoms. The zero-order valence-corrected chi connectivity index (χ0v) is 9.76. The van der Waals surface area contributed by atoms with E-state index in [9.17, 15) is 0 Å². The molecule has 78 valence electrons. The molecule has 0 radical (unpaired) electrons. The molecule has 0 aliphatic heterocycles. The van der Waals surface area contributed by atoms with E-state index < -0.39 is 0 Å². The molecule has 1 heterocycles. The SMILES string of the molecule is CS/C(C)=N\c1nc2ccc(C)cc2o1. The molecule has 0 spiro atoms. The van der Waals surface area contributed by atoms with E-state index in [2.05, 4.69) is 9.98 Å². The van der Waals surface area contributed by atoms with Gasteiger partial charge in [0, 0.05) is 0 Å². The molecule has 0 fully saturated rings. The van der Waals surface area contributed by atoms with E-state index in [0.717, 1.165) is 21.7 Å². The van der Waals surface area contributed by atoms with Crippen molar-refractivity contribution in [2.75, 3.05) is 6.26 Å². The van der Waals surface area contributed by atoms with Crippen LogP contribution in [0.5, 0.6) is 0 Å². The molecule has 0 aliphatic carbocycles. The van der Waals surface area contributed by atoms with Crippen molar-refractivity contribution in [3.05, 3.63) is 23.8 Å². The molecule has 0 saturated heterocycles. The Bertz CT molecular complexity index is 516. The molecule has 3 nitrogen and oxygen atoms in total. The van der Waals surface area contributed by atoms with Gasteiger partial charge in [0.05, 0.1) is 5.04 Å². The molecule has 1 aromatic heterocycles. The van der Waals surface area contributed by atoms with Gasteiger partial charge >= 0.3 is 6.01 Å². The monoisotopic (exact) mass is 220 g/mol.